The number of nitro groups is 2. The van der Waals surface area contributed by atoms with Crippen LogP contribution in [-0.4, -0.2) is 33.0 Å². The predicted octanol–water partition coefficient (Wildman–Crippen LogP) is 2.39. The molecular formula is C18H17N5O7. The van der Waals surface area contributed by atoms with Crippen molar-refractivity contribution in [2.75, 3.05) is 5.32 Å². The highest BCUT2D eigenvalue weighted by molar-refractivity contribution is 5.94. The van der Waals surface area contributed by atoms with Crippen LogP contribution < -0.4 is 10.7 Å². The third-order valence-corrected chi connectivity index (χ3v) is 3.90. The lowest BCUT2D eigenvalue weighted by molar-refractivity contribution is -0.394. The number of anilines is 1. The van der Waals surface area contributed by atoms with Gasteiger partial charge in [0.2, 0.25) is 17.6 Å². The minimum atomic E-state index is -0.981. The second kappa shape index (κ2) is 9.73. The number of hydrazone groups is 1. The first-order valence-electron chi connectivity index (χ1n) is 8.52. The summed E-state index contributed by atoms with van der Waals surface area (Å²) in [5, 5.41) is 37.8. The number of nitrogens with zero attached hydrogens (tertiary/aromatic N) is 3. The second-order valence-corrected chi connectivity index (χ2v) is 6.07. The molecule has 0 spiro atoms. The lowest BCUT2D eigenvalue weighted by Gasteiger charge is -2.07. The van der Waals surface area contributed by atoms with Gasteiger partial charge in [-0.2, -0.15) is 5.10 Å². The lowest BCUT2D eigenvalue weighted by Crippen LogP contribution is -2.20. The van der Waals surface area contributed by atoms with E-state index < -0.39 is 32.9 Å². The fourth-order valence-corrected chi connectivity index (χ4v) is 2.35. The molecule has 0 heterocycles. The van der Waals surface area contributed by atoms with Gasteiger partial charge in [0.1, 0.15) is 0 Å². The van der Waals surface area contributed by atoms with Crippen molar-refractivity contribution >= 4 is 35.1 Å². The molecule has 0 aromatic heterocycles. The summed E-state index contributed by atoms with van der Waals surface area (Å²) in [7, 11) is 0. The zero-order chi connectivity index (χ0) is 22.3. The van der Waals surface area contributed by atoms with Crippen LogP contribution in [0, 0.1) is 27.2 Å². The molecule has 0 radical (unpaired) electrons. The van der Waals surface area contributed by atoms with Crippen molar-refractivity contribution in [3.05, 3.63) is 67.8 Å². The topological polar surface area (TPSA) is 177 Å². The molecule has 0 unspecified atom stereocenters. The van der Waals surface area contributed by atoms with Gasteiger partial charge in [-0.25, -0.2) is 5.43 Å². The van der Waals surface area contributed by atoms with Gasteiger partial charge in [-0.3, -0.25) is 29.8 Å². The monoisotopic (exact) mass is 415 g/mol. The van der Waals surface area contributed by atoms with Crippen molar-refractivity contribution in [2.24, 2.45) is 5.10 Å². The van der Waals surface area contributed by atoms with E-state index in [1.165, 1.54) is 0 Å². The van der Waals surface area contributed by atoms with Gasteiger partial charge in [0.05, 0.1) is 27.7 Å². The number of para-hydroxylation sites is 1. The highest BCUT2D eigenvalue weighted by Gasteiger charge is 2.23. The van der Waals surface area contributed by atoms with Crippen LogP contribution in [0.1, 0.15) is 24.0 Å². The highest BCUT2D eigenvalue weighted by atomic mass is 16.6. The normalized spacial score (nSPS) is 10.6. The third-order valence-electron chi connectivity index (χ3n) is 3.90. The Morgan fingerprint density at radius 2 is 1.77 bits per heavy atom. The largest absolute Gasteiger partial charge is 0.502 e. The van der Waals surface area contributed by atoms with E-state index in [1.807, 2.05) is 19.1 Å². The molecule has 0 atom stereocenters. The minimum absolute atomic E-state index is 0.122. The number of benzene rings is 2. The molecule has 2 aromatic carbocycles. The van der Waals surface area contributed by atoms with Crippen LogP contribution in [0.3, 0.4) is 0 Å². The van der Waals surface area contributed by atoms with Gasteiger partial charge in [0.15, 0.2) is 0 Å². The van der Waals surface area contributed by atoms with Crippen molar-refractivity contribution in [1.29, 1.82) is 0 Å². The van der Waals surface area contributed by atoms with E-state index in [9.17, 15) is 34.9 Å². The quantitative estimate of drug-likeness (QED) is 0.336. The van der Waals surface area contributed by atoms with E-state index in [4.69, 9.17) is 0 Å². The Kier molecular flexibility index (Phi) is 7.11. The van der Waals surface area contributed by atoms with Crippen LogP contribution in [0.15, 0.2) is 41.5 Å². The van der Waals surface area contributed by atoms with Crippen molar-refractivity contribution in [3.8, 4) is 5.75 Å². The molecule has 2 aromatic rings. The second-order valence-electron chi connectivity index (χ2n) is 6.07. The van der Waals surface area contributed by atoms with E-state index >= 15 is 0 Å². The van der Waals surface area contributed by atoms with Gasteiger partial charge in [-0.15, -0.1) is 0 Å². The van der Waals surface area contributed by atoms with Gasteiger partial charge in [0.25, 0.3) is 5.69 Å². The summed E-state index contributed by atoms with van der Waals surface area (Å²) in [6, 6.07) is 8.61. The van der Waals surface area contributed by atoms with E-state index in [0.29, 0.717) is 11.8 Å². The fourth-order valence-electron chi connectivity index (χ4n) is 2.35. The zero-order valence-electron chi connectivity index (χ0n) is 15.7. The van der Waals surface area contributed by atoms with Crippen molar-refractivity contribution in [2.45, 2.75) is 19.8 Å². The zero-order valence-corrected chi connectivity index (χ0v) is 15.7. The lowest BCUT2D eigenvalue weighted by atomic mass is 10.1. The van der Waals surface area contributed by atoms with Gasteiger partial charge in [-0.05, 0) is 18.6 Å². The fraction of sp³-hybridized carbons (Fsp3) is 0.167. The van der Waals surface area contributed by atoms with Crippen LogP contribution in [0.5, 0.6) is 5.75 Å². The SMILES string of the molecule is Cc1ccccc1NC(=O)CCC(=O)NN=Cc1cc([N+](=O)[O-])cc([N+](=O)[O-])c1O. The standard InChI is InChI=1S/C18H17N5O7/c1-11-4-2-3-5-14(11)20-16(24)6-7-17(25)21-19-10-12-8-13(22(27)28)9-15(18(12)26)23(29)30/h2-5,8-10,26H,6-7H2,1H3,(H,20,24)(H,21,25). The Morgan fingerprint density at radius 1 is 1.10 bits per heavy atom. The Morgan fingerprint density at radius 3 is 2.40 bits per heavy atom. The summed E-state index contributed by atoms with van der Waals surface area (Å²) in [6.45, 7) is 1.82. The first-order valence-corrected chi connectivity index (χ1v) is 8.52. The number of phenolic OH excluding ortho intramolecular Hbond substituents is 1. The number of phenols is 1. The number of carbonyl (C=O) groups is 2. The average molecular weight is 415 g/mol. The Hall–Kier alpha value is -4.35. The number of aryl methyl sites for hydroxylation is 1. The summed E-state index contributed by atoms with van der Waals surface area (Å²) >= 11 is 0. The molecular weight excluding hydrogens is 398 g/mol. The van der Waals surface area contributed by atoms with Crippen molar-refractivity contribution in [1.82, 2.24) is 5.43 Å². The number of hydrogen-bond donors (Lipinski definition) is 3. The number of carbonyl (C=O) groups excluding carboxylic acids is 2. The number of nitrogens with one attached hydrogen (secondary N) is 2. The molecule has 0 bridgehead atoms. The number of hydrogen-bond acceptors (Lipinski definition) is 8. The van der Waals surface area contributed by atoms with Crippen LogP contribution in [0.4, 0.5) is 17.1 Å². The van der Waals surface area contributed by atoms with Crippen LogP contribution in [-0.2, 0) is 9.59 Å². The molecule has 0 aliphatic heterocycles. The summed E-state index contributed by atoms with van der Waals surface area (Å²) in [5.41, 5.74) is 1.76. The Bertz CT molecular complexity index is 1040. The first kappa shape index (κ1) is 21.9. The number of nitro benzene ring substituents is 2. The summed E-state index contributed by atoms with van der Waals surface area (Å²) in [4.78, 5) is 43.7. The molecule has 12 heteroatoms. The summed E-state index contributed by atoms with van der Waals surface area (Å²) in [5.74, 6) is -1.85. The molecule has 12 nitrogen and oxygen atoms in total. The van der Waals surface area contributed by atoms with E-state index in [0.717, 1.165) is 17.8 Å². The number of aromatic hydroxyl groups is 1. The van der Waals surface area contributed by atoms with Crippen molar-refractivity contribution < 1.29 is 24.5 Å². The number of rotatable bonds is 8. The van der Waals surface area contributed by atoms with Crippen LogP contribution in [0.2, 0.25) is 0 Å². The van der Waals surface area contributed by atoms with E-state index in [-0.39, 0.29) is 24.3 Å². The molecule has 0 aliphatic carbocycles. The smallest absolute Gasteiger partial charge is 0.318 e. The average Bonchev–Trinajstić information content (AvgIpc) is 2.69. The molecule has 0 aliphatic rings. The first-order chi connectivity index (χ1) is 14.2. The maximum Gasteiger partial charge on any atom is 0.318 e. The molecule has 0 saturated heterocycles. The predicted molar refractivity (Wildman–Crippen MR) is 106 cm³/mol. The molecule has 156 valence electrons. The number of non-ortho nitro benzene ring substituents is 1. The Balaban J connectivity index is 1.96. The minimum Gasteiger partial charge on any atom is -0.502 e. The molecule has 3 N–H and O–H groups in total. The Labute approximate surface area is 169 Å². The highest BCUT2D eigenvalue weighted by Crippen LogP contribution is 2.33. The molecule has 2 rings (SSSR count). The molecule has 0 fully saturated rings. The maximum atomic E-state index is 11.9. The van der Waals surface area contributed by atoms with Gasteiger partial charge in [-0.1, -0.05) is 18.2 Å². The van der Waals surface area contributed by atoms with E-state index in [2.05, 4.69) is 15.8 Å². The molecule has 30 heavy (non-hydrogen) atoms. The summed E-state index contributed by atoms with van der Waals surface area (Å²) in [6.07, 6.45) is 0.514. The van der Waals surface area contributed by atoms with Gasteiger partial charge < -0.3 is 10.4 Å². The van der Waals surface area contributed by atoms with Crippen LogP contribution in [0.25, 0.3) is 0 Å². The maximum absolute atomic E-state index is 11.9. The molecule has 2 amide bonds. The molecule has 0 saturated carbocycles. The van der Waals surface area contributed by atoms with Crippen LogP contribution >= 0.6 is 0 Å². The number of amides is 2. The van der Waals surface area contributed by atoms with Crippen molar-refractivity contribution in [3.63, 3.8) is 0 Å². The van der Waals surface area contributed by atoms with Gasteiger partial charge in [0, 0.05) is 24.6 Å². The van der Waals surface area contributed by atoms with Gasteiger partial charge >= 0.3 is 5.69 Å². The summed E-state index contributed by atoms with van der Waals surface area (Å²) < 4.78 is 0. The third kappa shape index (κ3) is 5.82. The van der Waals surface area contributed by atoms with E-state index in [1.54, 1.807) is 12.1 Å².